The summed E-state index contributed by atoms with van der Waals surface area (Å²) in [4.78, 5) is 33.8. The van der Waals surface area contributed by atoms with Crippen molar-refractivity contribution in [2.45, 2.75) is 16.1 Å². The van der Waals surface area contributed by atoms with Crippen molar-refractivity contribution in [3.05, 3.63) is 146 Å². The van der Waals surface area contributed by atoms with Crippen molar-refractivity contribution in [1.82, 2.24) is 5.32 Å². The van der Waals surface area contributed by atoms with Gasteiger partial charge in [0.1, 0.15) is 0 Å². The lowest BCUT2D eigenvalue weighted by Gasteiger charge is -2.35. The summed E-state index contributed by atoms with van der Waals surface area (Å²) in [6, 6.07) is 34.6. The molecule has 0 heterocycles. The Kier molecular flexibility index (Phi) is 10.8. The maximum atomic E-state index is 12.6. The van der Waals surface area contributed by atoms with Gasteiger partial charge >= 0.3 is 0 Å². The van der Waals surface area contributed by atoms with E-state index < -0.39 is 14.6 Å². The van der Waals surface area contributed by atoms with Crippen LogP contribution >= 0.6 is 33.3 Å². The average Bonchev–Trinajstić information content (AvgIpc) is 3.00. The van der Waals surface area contributed by atoms with E-state index >= 15 is 0 Å². The quantitative estimate of drug-likeness (QED) is 0.0517. The van der Waals surface area contributed by atoms with Crippen molar-refractivity contribution in [2.24, 2.45) is 0 Å². The average molecular weight is 606 g/mol. The number of nitrogens with zero attached hydrogens (tertiary/aromatic N) is 2. The molecule has 0 saturated carbocycles. The third-order valence-corrected chi connectivity index (χ3v) is 10.1. The maximum absolute atomic E-state index is 12.6. The smallest absolute Gasteiger partial charge is 0.290 e. The molecule has 0 aliphatic rings. The summed E-state index contributed by atoms with van der Waals surface area (Å²) in [5.41, 5.74) is 2.81. The molecule has 0 aromatic heterocycles. The number of amides is 1. The number of benzene rings is 4. The van der Waals surface area contributed by atoms with Gasteiger partial charge in [0.05, 0.1) is 25.6 Å². The fourth-order valence-electron chi connectivity index (χ4n) is 4.32. The highest BCUT2D eigenvalue weighted by Crippen LogP contribution is 2.48. The molecule has 0 atom stereocenters. The van der Waals surface area contributed by atoms with Crippen molar-refractivity contribution in [3.63, 3.8) is 0 Å². The summed E-state index contributed by atoms with van der Waals surface area (Å²) in [5.74, 6) is 0.989. The lowest BCUT2D eigenvalue weighted by atomic mass is 9.84. The van der Waals surface area contributed by atoms with E-state index in [2.05, 4.69) is 41.7 Å². The standard InChI is InChI=1S/C30H27N3O5S3/c34-29(18-20-40-41-28-17-16-26(32(35)36)22-27(28)33(37)38)31-19-21-39-30(23-10-4-1-5-11-23,24-12-6-2-7-13-24)25-14-8-3-9-15-25/h1-17,22H,18-21H2,(H,31,34). The normalized spacial score (nSPS) is 11.1. The van der Waals surface area contributed by atoms with Crippen LogP contribution in [0.15, 0.2) is 114 Å². The number of hydrogen-bond donors (Lipinski definition) is 1. The SMILES string of the molecule is O=C(CCSSc1ccc([N+](=O)[O-])cc1[N+](=O)[O-])NCCSC(c1ccccc1)(c1ccccc1)c1ccccc1. The highest BCUT2D eigenvalue weighted by molar-refractivity contribution is 8.76. The lowest BCUT2D eigenvalue weighted by Crippen LogP contribution is -2.30. The molecule has 8 nitrogen and oxygen atoms in total. The molecule has 11 heteroatoms. The molecule has 0 saturated heterocycles. The Morgan fingerprint density at radius 3 is 1.76 bits per heavy atom. The molecule has 4 rings (SSSR count). The number of nitro groups is 2. The van der Waals surface area contributed by atoms with Gasteiger partial charge in [-0.25, -0.2) is 0 Å². The second kappa shape index (κ2) is 14.7. The van der Waals surface area contributed by atoms with E-state index in [9.17, 15) is 25.0 Å². The Morgan fingerprint density at radius 1 is 0.732 bits per heavy atom. The molecule has 0 bridgehead atoms. The van der Waals surface area contributed by atoms with E-state index in [1.165, 1.54) is 22.9 Å². The van der Waals surface area contributed by atoms with Crippen molar-refractivity contribution in [3.8, 4) is 0 Å². The Bertz CT molecular complexity index is 1380. The molecular formula is C30H27N3O5S3. The first-order valence-electron chi connectivity index (χ1n) is 12.7. The van der Waals surface area contributed by atoms with Gasteiger partial charge in [0, 0.05) is 30.5 Å². The summed E-state index contributed by atoms with van der Waals surface area (Å²) in [6.07, 6.45) is 0.240. The van der Waals surface area contributed by atoms with Crippen LogP contribution in [0, 0.1) is 20.2 Å². The Hall–Kier alpha value is -3.80. The number of rotatable bonds is 14. The molecule has 0 aliphatic heterocycles. The number of carbonyl (C=O) groups excluding carboxylic acids is 1. The van der Waals surface area contributed by atoms with Gasteiger partial charge in [0.15, 0.2) is 0 Å². The molecule has 4 aromatic rings. The second-order valence-corrected chi connectivity index (χ2v) is 12.6. The predicted octanol–water partition coefficient (Wildman–Crippen LogP) is 7.47. The molecule has 1 N–H and O–H groups in total. The number of nitrogens with one attached hydrogen (secondary N) is 1. The molecular weight excluding hydrogens is 579 g/mol. The van der Waals surface area contributed by atoms with E-state index in [1.54, 1.807) is 11.8 Å². The second-order valence-electron chi connectivity index (χ2n) is 8.80. The van der Waals surface area contributed by atoms with Crippen molar-refractivity contribution < 1.29 is 14.6 Å². The highest BCUT2D eigenvalue weighted by atomic mass is 33.1. The third kappa shape index (κ3) is 7.69. The molecule has 4 aromatic carbocycles. The summed E-state index contributed by atoms with van der Waals surface area (Å²) in [6.45, 7) is 0.476. The summed E-state index contributed by atoms with van der Waals surface area (Å²) < 4.78 is -0.458. The van der Waals surface area contributed by atoms with Crippen molar-refractivity contribution >= 4 is 50.6 Å². The first-order valence-corrected chi connectivity index (χ1v) is 16.0. The van der Waals surface area contributed by atoms with Gasteiger partial charge < -0.3 is 5.32 Å². The zero-order chi connectivity index (χ0) is 29.1. The Balaban J connectivity index is 1.35. The molecule has 1 amide bonds. The van der Waals surface area contributed by atoms with Crippen LogP contribution in [0.2, 0.25) is 0 Å². The number of non-ortho nitro benzene ring substituents is 1. The van der Waals surface area contributed by atoms with E-state index in [1.807, 2.05) is 54.6 Å². The maximum Gasteiger partial charge on any atom is 0.290 e. The Labute approximate surface area is 250 Å². The van der Waals surface area contributed by atoms with Gasteiger partial charge in [-0.05, 0) is 22.8 Å². The molecule has 210 valence electrons. The number of hydrogen-bond acceptors (Lipinski definition) is 8. The lowest BCUT2D eigenvalue weighted by molar-refractivity contribution is -0.396. The molecule has 0 unspecified atom stereocenters. The minimum absolute atomic E-state index is 0.110. The minimum Gasteiger partial charge on any atom is -0.355 e. The molecule has 0 radical (unpaired) electrons. The molecule has 0 fully saturated rings. The van der Waals surface area contributed by atoms with Crippen LogP contribution in [0.1, 0.15) is 23.1 Å². The van der Waals surface area contributed by atoms with Crippen LogP contribution in [0.3, 0.4) is 0 Å². The predicted molar refractivity (Wildman–Crippen MR) is 167 cm³/mol. The number of carbonyl (C=O) groups is 1. The third-order valence-electron chi connectivity index (χ3n) is 6.19. The molecule has 0 spiro atoms. The fourth-order valence-corrected chi connectivity index (χ4v) is 7.87. The van der Waals surface area contributed by atoms with E-state index in [0.717, 1.165) is 33.6 Å². The van der Waals surface area contributed by atoms with Gasteiger partial charge in [0.25, 0.3) is 11.4 Å². The molecule has 41 heavy (non-hydrogen) atoms. The monoisotopic (exact) mass is 605 g/mol. The van der Waals surface area contributed by atoms with Crippen molar-refractivity contribution in [1.29, 1.82) is 0 Å². The van der Waals surface area contributed by atoms with Crippen LogP contribution in [-0.2, 0) is 9.54 Å². The van der Waals surface area contributed by atoms with E-state index in [4.69, 9.17) is 0 Å². The van der Waals surface area contributed by atoms with Crippen LogP contribution in [0.5, 0.6) is 0 Å². The van der Waals surface area contributed by atoms with Gasteiger partial charge in [-0.3, -0.25) is 25.0 Å². The van der Waals surface area contributed by atoms with Gasteiger partial charge in [-0.1, -0.05) is 113 Å². The van der Waals surface area contributed by atoms with Gasteiger partial charge in [-0.15, -0.1) is 11.8 Å². The van der Waals surface area contributed by atoms with Crippen LogP contribution in [0.4, 0.5) is 11.4 Å². The minimum atomic E-state index is -0.666. The fraction of sp³-hybridized carbons (Fsp3) is 0.167. The first-order chi connectivity index (χ1) is 19.9. The van der Waals surface area contributed by atoms with Crippen LogP contribution in [0.25, 0.3) is 0 Å². The van der Waals surface area contributed by atoms with Crippen molar-refractivity contribution in [2.75, 3.05) is 18.1 Å². The van der Waals surface area contributed by atoms with Gasteiger partial charge in [-0.2, -0.15) is 0 Å². The number of thioether (sulfide) groups is 1. The van der Waals surface area contributed by atoms with Crippen LogP contribution < -0.4 is 5.32 Å². The highest BCUT2D eigenvalue weighted by Gasteiger charge is 2.36. The molecule has 0 aliphatic carbocycles. The summed E-state index contributed by atoms with van der Waals surface area (Å²) in [7, 11) is 2.42. The topological polar surface area (TPSA) is 115 Å². The largest absolute Gasteiger partial charge is 0.355 e. The Morgan fingerprint density at radius 2 is 1.27 bits per heavy atom. The first kappa shape index (κ1) is 30.2. The van der Waals surface area contributed by atoms with E-state index in [-0.39, 0.29) is 23.7 Å². The van der Waals surface area contributed by atoms with Crippen LogP contribution in [-0.4, -0.2) is 33.8 Å². The zero-order valence-corrected chi connectivity index (χ0v) is 24.3. The van der Waals surface area contributed by atoms with E-state index in [0.29, 0.717) is 22.9 Å². The van der Waals surface area contributed by atoms with Gasteiger partial charge in [0.2, 0.25) is 5.91 Å². The zero-order valence-electron chi connectivity index (χ0n) is 21.9. The summed E-state index contributed by atoms with van der Waals surface area (Å²) >= 11 is 1.77. The number of nitro benzene ring substituents is 2. The summed E-state index contributed by atoms with van der Waals surface area (Å²) in [5, 5.41) is 25.2.